The van der Waals surface area contributed by atoms with Crippen LogP contribution < -0.4 is 10.1 Å². The molecule has 3 heterocycles. The standard InChI is InChI=1S/C26H24N2O4S2/c1-14-10-15(2)12-18(11-14)25-27-20(16(3)32-25)6-8-31-21-5-4-17(23-19(21)7-9-33-23)13-22-24(29)28-26(30)34-22/h4-5,7,9-12,22H,6,8,13H2,1-3H3,(H,28,29,30). The maximum absolute atomic E-state index is 12.0. The van der Waals surface area contributed by atoms with E-state index in [0.29, 0.717) is 25.3 Å². The average Bonchev–Trinajstić information content (AvgIpc) is 3.48. The zero-order chi connectivity index (χ0) is 23.8. The van der Waals surface area contributed by atoms with Gasteiger partial charge in [0.1, 0.15) is 11.5 Å². The fourth-order valence-electron chi connectivity index (χ4n) is 4.25. The van der Waals surface area contributed by atoms with Crippen LogP contribution in [-0.4, -0.2) is 28.0 Å². The SMILES string of the molecule is Cc1cc(C)cc(-c2nc(CCOc3ccc(CC4SC(=O)NC4=O)c4sccc34)c(C)o2)c1. The summed E-state index contributed by atoms with van der Waals surface area (Å²) in [7, 11) is 0. The Bertz CT molecular complexity index is 1390. The lowest BCUT2D eigenvalue weighted by Crippen LogP contribution is -2.25. The van der Waals surface area contributed by atoms with Gasteiger partial charge in [-0.25, -0.2) is 4.98 Å². The third kappa shape index (κ3) is 4.60. The summed E-state index contributed by atoms with van der Waals surface area (Å²) in [6.45, 7) is 6.54. The minimum absolute atomic E-state index is 0.219. The van der Waals surface area contributed by atoms with E-state index in [1.165, 1.54) is 11.1 Å². The van der Waals surface area contributed by atoms with Crippen LogP contribution in [0.4, 0.5) is 4.79 Å². The molecule has 1 N–H and O–H groups in total. The van der Waals surface area contributed by atoms with E-state index >= 15 is 0 Å². The second-order valence-corrected chi connectivity index (χ2v) is 10.6. The van der Waals surface area contributed by atoms with Crippen molar-refractivity contribution in [2.24, 2.45) is 0 Å². The molecule has 2 aromatic heterocycles. The number of amides is 2. The van der Waals surface area contributed by atoms with Gasteiger partial charge >= 0.3 is 0 Å². The van der Waals surface area contributed by atoms with Crippen LogP contribution in [0.15, 0.2) is 46.2 Å². The Morgan fingerprint density at radius 1 is 1.09 bits per heavy atom. The number of carbonyl (C=O) groups is 2. The van der Waals surface area contributed by atoms with E-state index in [0.717, 1.165) is 50.2 Å². The highest BCUT2D eigenvalue weighted by atomic mass is 32.2. The highest BCUT2D eigenvalue weighted by molar-refractivity contribution is 8.15. The fraction of sp³-hybridized carbons (Fsp3) is 0.269. The van der Waals surface area contributed by atoms with Gasteiger partial charge in [-0.05, 0) is 62.4 Å². The lowest BCUT2D eigenvalue weighted by Gasteiger charge is -2.11. The topological polar surface area (TPSA) is 81.4 Å². The van der Waals surface area contributed by atoms with Gasteiger partial charge in [0.2, 0.25) is 11.8 Å². The molecule has 1 aliphatic heterocycles. The molecule has 2 aromatic carbocycles. The quantitative estimate of drug-likeness (QED) is 0.341. The maximum atomic E-state index is 12.0. The Morgan fingerprint density at radius 3 is 2.62 bits per heavy atom. The molecule has 0 radical (unpaired) electrons. The normalized spacial score (nSPS) is 15.8. The first-order valence-corrected chi connectivity index (χ1v) is 12.8. The summed E-state index contributed by atoms with van der Waals surface area (Å²) in [5.74, 6) is 2.02. The van der Waals surface area contributed by atoms with E-state index in [1.807, 2.05) is 30.5 Å². The number of thioether (sulfide) groups is 1. The van der Waals surface area contributed by atoms with Crippen LogP contribution in [0.2, 0.25) is 0 Å². The number of imide groups is 1. The molecule has 6 nitrogen and oxygen atoms in total. The van der Waals surface area contributed by atoms with Crippen molar-refractivity contribution in [1.82, 2.24) is 10.3 Å². The number of rotatable bonds is 7. The molecule has 1 aliphatic rings. The predicted molar refractivity (Wildman–Crippen MR) is 136 cm³/mol. The molecule has 0 bridgehead atoms. The average molecular weight is 493 g/mol. The van der Waals surface area contributed by atoms with Gasteiger partial charge < -0.3 is 9.15 Å². The number of thiophene rings is 1. The third-order valence-corrected chi connectivity index (χ3v) is 7.76. The first kappa shape index (κ1) is 22.7. The second kappa shape index (κ2) is 9.27. The summed E-state index contributed by atoms with van der Waals surface area (Å²) < 4.78 is 13.2. The molecule has 34 heavy (non-hydrogen) atoms. The molecule has 8 heteroatoms. The molecule has 1 unspecified atom stereocenters. The van der Waals surface area contributed by atoms with Crippen LogP contribution in [-0.2, 0) is 17.6 Å². The van der Waals surface area contributed by atoms with Gasteiger partial charge in [0, 0.05) is 22.1 Å². The first-order valence-electron chi connectivity index (χ1n) is 11.1. The third-order valence-electron chi connectivity index (χ3n) is 5.79. The molecule has 0 spiro atoms. The largest absolute Gasteiger partial charge is 0.493 e. The minimum atomic E-state index is -0.383. The van der Waals surface area contributed by atoms with Crippen molar-refractivity contribution >= 4 is 44.3 Å². The second-order valence-electron chi connectivity index (χ2n) is 8.47. The van der Waals surface area contributed by atoms with Crippen molar-refractivity contribution < 1.29 is 18.7 Å². The number of hydrogen-bond acceptors (Lipinski definition) is 7. The molecule has 174 valence electrons. The molecule has 1 saturated heterocycles. The van der Waals surface area contributed by atoms with E-state index in [1.54, 1.807) is 11.3 Å². The van der Waals surface area contributed by atoms with Crippen LogP contribution in [0.5, 0.6) is 5.75 Å². The van der Waals surface area contributed by atoms with Crippen LogP contribution >= 0.6 is 23.1 Å². The zero-order valence-corrected chi connectivity index (χ0v) is 20.8. The van der Waals surface area contributed by atoms with Crippen molar-refractivity contribution in [3.63, 3.8) is 0 Å². The monoisotopic (exact) mass is 492 g/mol. The van der Waals surface area contributed by atoms with Crippen molar-refractivity contribution in [1.29, 1.82) is 0 Å². The Morgan fingerprint density at radius 2 is 1.88 bits per heavy atom. The van der Waals surface area contributed by atoms with Gasteiger partial charge in [-0.15, -0.1) is 11.3 Å². The smallest absolute Gasteiger partial charge is 0.286 e. The Hall–Kier alpha value is -3.10. The van der Waals surface area contributed by atoms with Gasteiger partial charge in [0.25, 0.3) is 5.24 Å². The molecule has 2 amide bonds. The van der Waals surface area contributed by atoms with E-state index in [4.69, 9.17) is 14.1 Å². The fourth-order valence-corrected chi connectivity index (χ4v) is 6.03. The highest BCUT2D eigenvalue weighted by Gasteiger charge is 2.32. The molecular formula is C26H24N2O4S2. The van der Waals surface area contributed by atoms with Gasteiger partial charge in [0.05, 0.1) is 17.6 Å². The maximum Gasteiger partial charge on any atom is 0.286 e. The number of ether oxygens (including phenoxy) is 1. The van der Waals surface area contributed by atoms with Crippen LogP contribution in [0, 0.1) is 20.8 Å². The number of hydrogen-bond donors (Lipinski definition) is 1. The summed E-state index contributed by atoms with van der Waals surface area (Å²) >= 11 is 2.67. The molecule has 1 atom stereocenters. The number of nitrogens with one attached hydrogen (secondary N) is 1. The van der Waals surface area contributed by atoms with Crippen molar-refractivity contribution in [3.05, 3.63) is 69.9 Å². The summed E-state index contributed by atoms with van der Waals surface area (Å²) in [5, 5.41) is 4.73. The number of fused-ring (bicyclic) bond motifs is 1. The number of carbonyl (C=O) groups excluding carboxylic acids is 2. The number of nitrogens with zero attached hydrogens (tertiary/aromatic N) is 1. The van der Waals surface area contributed by atoms with E-state index in [9.17, 15) is 9.59 Å². The lowest BCUT2D eigenvalue weighted by atomic mass is 10.1. The Kier molecular flexibility index (Phi) is 6.18. The van der Waals surface area contributed by atoms with Crippen LogP contribution in [0.3, 0.4) is 0 Å². The predicted octanol–water partition coefficient (Wildman–Crippen LogP) is 6.00. The molecule has 0 aliphatic carbocycles. The number of aryl methyl sites for hydroxylation is 3. The summed E-state index contributed by atoms with van der Waals surface area (Å²) in [4.78, 5) is 28.2. The molecule has 1 fully saturated rings. The zero-order valence-electron chi connectivity index (χ0n) is 19.1. The molecule has 4 aromatic rings. The van der Waals surface area contributed by atoms with Gasteiger partial charge in [-0.2, -0.15) is 0 Å². The van der Waals surface area contributed by atoms with Gasteiger partial charge in [-0.1, -0.05) is 35.0 Å². The van der Waals surface area contributed by atoms with E-state index in [-0.39, 0.29) is 16.4 Å². The number of oxazole rings is 1. The molecule has 5 rings (SSSR count). The molecular weight excluding hydrogens is 468 g/mol. The minimum Gasteiger partial charge on any atom is -0.493 e. The Labute approximate surface area is 205 Å². The lowest BCUT2D eigenvalue weighted by molar-refractivity contribution is -0.118. The number of benzene rings is 2. The van der Waals surface area contributed by atoms with Gasteiger partial charge in [-0.3, -0.25) is 14.9 Å². The van der Waals surface area contributed by atoms with Gasteiger partial charge in [0.15, 0.2) is 0 Å². The van der Waals surface area contributed by atoms with E-state index < -0.39 is 0 Å². The van der Waals surface area contributed by atoms with Crippen molar-refractivity contribution in [3.8, 4) is 17.2 Å². The summed E-state index contributed by atoms with van der Waals surface area (Å²) in [6.07, 6.45) is 1.15. The summed E-state index contributed by atoms with van der Waals surface area (Å²) in [6, 6.07) is 12.3. The van der Waals surface area contributed by atoms with Crippen LogP contribution in [0.1, 0.15) is 28.1 Å². The van der Waals surface area contributed by atoms with Crippen molar-refractivity contribution in [2.75, 3.05) is 6.61 Å². The van der Waals surface area contributed by atoms with Crippen LogP contribution in [0.25, 0.3) is 21.5 Å². The highest BCUT2D eigenvalue weighted by Crippen LogP contribution is 2.35. The number of aromatic nitrogens is 1. The molecule has 0 saturated carbocycles. The van der Waals surface area contributed by atoms with Crippen molar-refractivity contribution in [2.45, 2.75) is 38.9 Å². The summed E-state index contributed by atoms with van der Waals surface area (Å²) in [5.41, 5.74) is 5.28. The van der Waals surface area contributed by atoms with E-state index in [2.05, 4.69) is 37.4 Å². The first-order chi connectivity index (χ1) is 16.4. The Balaban J connectivity index is 1.28.